The van der Waals surface area contributed by atoms with E-state index < -0.39 is 6.10 Å². The average molecular weight is 378 g/mol. The highest BCUT2D eigenvalue weighted by atomic mass is 35.5. The van der Waals surface area contributed by atoms with Crippen LogP contribution in [0.15, 0.2) is 47.5 Å². The fourth-order valence-corrected chi connectivity index (χ4v) is 2.45. The van der Waals surface area contributed by atoms with Crippen LogP contribution in [-0.4, -0.2) is 38.4 Å². The van der Waals surface area contributed by atoms with Gasteiger partial charge in [-0.3, -0.25) is 0 Å². The van der Waals surface area contributed by atoms with Crippen molar-refractivity contribution in [2.75, 3.05) is 32.6 Å². The molecule has 7 heteroatoms. The molecule has 6 nitrogen and oxygen atoms in total. The number of nitrogens with one attached hydrogen (secondary N) is 2. The van der Waals surface area contributed by atoms with Crippen LogP contribution in [0, 0.1) is 0 Å². The van der Waals surface area contributed by atoms with Gasteiger partial charge in [-0.25, -0.2) is 4.99 Å². The van der Waals surface area contributed by atoms with Crippen molar-refractivity contribution < 1.29 is 14.6 Å². The molecule has 2 aromatic carbocycles. The highest BCUT2D eigenvalue weighted by molar-refractivity contribution is 6.30. The van der Waals surface area contributed by atoms with E-state index in [4.69, 9.17) is 21.1 Å². The minimum absolute atomic E-state index is 0.213. The van der Waals surface area contributed by atoms with Gasteiger partial charge >= 0.3 is 0 Å². The molecule has 0 fully saturated rings. The first-order valence-electron chi connectivity index (χ1n) is 8.28. The lowest BCUT2D eigenvalue weighted by atomic mass is 10.1. The molecule has 1 unspecified atom stereocenters. The monoisotopic (exact) mass is 377 g/mol. The molecule has 0 spiro atoms. The summed E-state index contributed by atoms with van der Waals surface area (Å²) in [5, 5.41) is 17.3. The number of nitrogens with zero attached hydrogens (tertiary/aromatic N) is 1. The van der Waals surface area contributed by atoms with Crippen molar-refractivity contribution in [3.8, 4) is 11.5 Å². The summed E-state index contributed by atoms with van der Waals surface area (Å²) < 4.78 is 10.5. The van der Waals surface area contributed by atoms with Gasteiger partial charge in [-0.15, -0.1) is 0 Å². The lowest BCUT2D eigenvalue weighted by Crippen LogP contribution is -2.31. The van der Waals surface area contributed by atoms with Gasteiger partial charge in [-0.2, -0.15) is 0 Å². The van der Waals surface area contributed by atoms with Crippen LogP contribution in [0.1, 0.15) is 18.6 Å². The van der Waals surface area contributed by atoms with Crippen LogP contribution < -0.4 is 20.1 Å². The van der Waals surface area contributed by atoms with Gasteiger partial charge in [-0.05, 0) is 36.8 Å². The molecule has 0 bridgehead atoms. The normalized spacial score (nSPS) is 12.4. The Morgan fingerprint density at radius 1 is 1.12 bits per heavy atom. The summed E-state index contributed by atoms with van der Waals surface area (Å²) in [7, 11) is 3.18. The van der Waals surface area contributed by atoms with Gasteiger partial charge in [-0.1, -0.05) is 23.7 Å². The molecule has 0 aliphatic rings. The summed E-state index contributed by atoms with van der Waals surface area (Å²) in [6, 6.07) is 12.6. The first-order valence-corrected chi connectivity index (χ1v) is 8.66. The van der Waals surface area contributed by atoms with E-state index in [-0.39, 0.29) is 6.54 Å². The van der Waals surface area contributed by atoms with Crippen molar-refractivity contribution in [2.45, 2.75) is 13.0 Å². The minimum atomic E-state index is -0.715. The molecule has 0 saturated carbocycles. The molecule has 0 aromatic heterocycles. The number of hydrogen-bond acceptors (Lipinski definition) is 4. The van der Waals surface area contributed by atoms with Crippen LogP contribution in [0.5, 0.6) is 11.5 Å². The maximum absolute atomic E-state index is 10.3. The molecule has 26 heavy (non-hydrogen) atoms. The molecule has 0 aliphatic carbocycles. The molecular weight excluding hydrogens is 354 g/mol. The van der Waals surface area contributed by atoms with Gasteiger partial charge in [0.15, 0.2) is 17.5 Å². The highest BCUT2D eigenvalue weighted by Gasteiger charge is 2.09. The van der Waals surface area contributed by atoms with Crippen molar-refractivity contribution in [1.29, 1.82) is 0 Å². The molecule has 0 aliphatic heterocycles. The van der Waals surface area contributed by atoms with E-state index in [1.165, 1.54) is 0 Å². The number of halogens is 1. The molecular formula is C19H24ClN3O3. The lowest BCUT2D eigenvalue weighted by molar-refractivity contribution is 0.187. The largest absolute Gasteiger partial charge is 0.493 e. The number of methoxy groups -OCH3 is 2. The van der Waals surface area contributed by atoms with Crippen LogP contribution >= 0.6 is 11.6 Å². The zero-order valence-electron chi connectivity index (χ0n) is 15.1. The quantitative estimate of drug-likeness (QED) is 0.509. The van der Waals surface area contributed by atoms with Crippen LogP contribution in [-0.2, 0) is 0 Å². The van der Waals surface area contributed by atoms with Crippen LogP contribution in [0.25, 0.3) is 0 Å². The zero-order chi connectivity index (χ0) is 18.9. The molecule has 1 atom stereocenters. The van der Waals surface area contributed by atoms with Crippen molar-refractivity contribution in [1.82, 2.24) is 5.32 Å². The van der Waals surface area contributed by atoms with Crippen molar-refractivity contribution in [3.05, 3.63) is 53.1 Å². The highest BCUT2D eigenvalue weighted by Crippen LogP contribution is 2.29. The van der Waals surface area contributed by atoms with Gasteiger partial charge < -0.3 is 25.2 Å². The summed E-state index contributed by atoms with van der Waals surface area (Å²) in [4.78, 5) is 4.44. The van der Waals surface area contributed by atoms with E-state index in [0.29, 0.717) is 29.0 Å². The lowest BCUT2D eigenvalue weighted by Gasteiger charge is -2.15. The summed E-state index contributed by atoms with van der Waals surface area (Å²) >= 11 is 5.87. The van der Waals surface area contributed by atoms with E-state index in [2.05, 4.69) is 15.6 Å². The maximum atomic E-state index is 10.3. The summed E-state index contributed by atoms with van der Waals surface area (Å²) in [5.41, 5.74) is 1.56. The molecule has 0 radical (unpaired) electrons. The van der Waals surface area contributed by atoms with E-state index in [0.717, 1.165) is 11.3 Å². The van der Waals surface area contributed by atoms with Gasteiger partial charge in [0.05, 0.1) is 26.9 Å². The predicted molar refractivity (Wildman–Crippen MR) is 106 cm³/mol. The molecule has 2 rings (SSSR count). The molecule has 3 N–H and O–H groups in total. The number of hydrogen-bond donors (Lipinski definition) is 3. The fourth-order valence-electron chi connectivity index (χ4n) is 2.33. The average Bonchev–Trinajstić information content (AvgIpc) is 2.66. The smallest absolute Gasteiger partial charge is 0.195 e. The SMILES string of the molecule is CCNC(=NCC(O)c1ccc(Cl)cc1)Nc1ccc(OC)c(OC)c1. The third-order valence-corrected chi connectivity index (χ3v) is 3.92. The number of aliphatic hydroxyl groups is 1. The van der Waals surface area contributed by atoms with Crippen molar-refractivity contribution in [3.63, 3.8) is 0 Å². The van der Waals surface area contributed by atoms with Gasteiger partial charge in [0.25, 0.3) is 0 Å². The Labute approximate surface area is 158 Å². The second kappa shape index (κ2) is 9.89. The molecule has 0 amide bonds. The van der Waals surface area contributed by atoms with E-state index in [9.17, 15) is 5.11 Å². The summed E-state index contributed by atoms with van der Waals surface area (Å²) in [6.07, 6.45) is -0.715. The number of aliphatic hydroxyl groups excluding tert-OH is 1. The maximum Gasteiger partial charge on any atom is 0.195 e. The van der Waals surface area contributed by atoms with Crippen molar-refractivity contribution >= 4 is 23.2 Å². The van der Waals surface area contributed by atoms with Gasteiger partial charge in [0.1, 0.15) is 0 Å². The second-order valence-electron chi connectivity index (χ2n) is 5.48. The summed E-state index contributed by atoms with van der Waals surface area (Å²) in [6.45, 7) is 2.88. The second-order valence-corrected chi connectivity index (χ2v) is 5.92. The zero-order valence-corrected chi connectivity index (χ0v) is 15.9. The number of aliphatic imine (C=N–C) groups is 1. The van der Waals surface area contributed by atoms with Crippen molar-refractivity contribution in [2.24, 2.45) is 4.99 Å². The van der Waals surface area contributed by atoms with Crippen LogP contribution in [0.4, 0.5) is 5.69 Å². The number of anilines is 1. The molecule has 140 valence electrons. The number of rotatable bonds is 7. The molecule has 0 saturated heterocycles. The fraction of sp³-hybridized carbons (Fsp3) is 0.316. The number of guanidine groups is 1. The molecule has 2 aromatic rings. The first-order chi connectivity index (χ1) is 12.6. The van der Waals surface area contributed by atoms with E-state index in [1.807, 2.05) is 25.1 Å². The van der Waals surface area contributed by atoms with Crippen LogP contribution in [0.2, 0.25) is 5.02 Å². The Bertz CT molecular complexity index is 735. The Balaban J connectivity index is 2.09. The minimum Gasteiger partial charge on any atom is -0.493 e. The van der Waals surface area contributed by atoms with Gasteiger partial charge in [0, 0.05) is 23.3 Å². The van der Waals surface area contributed by atoms with Crippen LogP contribution in [0.3, 0.4) is 0 Å². The molecule has 0 heterocycles. The Morgan fingerprint density at radius 3 is 2.42 bits per heavy atom. The number of ether oxygens (including phenoxy) is 2. The Kier molecular flexibility index (Phi) is 7.56. The summed E-state index contributed by atoms with van der Waals surface area (Å²) in [5.74, 6) is 1.83. The Hall–Kier alpha value is -2.44. The van der Waals surface area contributed by atoms with Gasteiger partial charge in [0.2, 0.25) is 0 Å². The third kappa shape index (κ3) is 5.54. The standard InChI is InChI=1S/C19H24ClN3O3/c1-4-21-19(22-12-16(24)13-5-7-14(20)8-6-13)23-15-9-10-17(25-2)18(11-15)26-3/h5-11,16,24H,4,12H2,1-3H3,(H2,21,22,23). The Morgan fingerprint density at radius 2 is 1.81 bits per heavy atom. The number of benzene rings is 2. The first kappa shape index (κ1) is 19.9. The predicted octanol–water partition coefficient (Wildman–Crippen LogP) is 3.47. The third-order valence-electron chi connectivity index (χ3n) is 3.67. The topological polar surface area (TPSA) is 75.1 Å². The van der Waals surface area contributed by atoms with E-state index in [1.54, 1.807) is 38.5 Å². The van der Waals surface area contributed by atoms with E-state index >= 15 is 0 Å².